The van der Waals surface area contributed by atoms with Crippen molar-refractivity contribution in [2.24, 2.45) is 4.99 Å². The van der Waals surface area contributed by atoms with Crippen LogP contribution in [0.4, 0.5) is 0 Å². The lowest BCUT2D eigenvalue weighted by atomic mass is 10.2. The van der Waals surface area contributed by atoms with E-state index in [9.17, 15) is 9.90 Å². The summed E-state index contributed by atoms with van der Waals surface area (Å²) in [4.78, 5) is 15.2. The third-order valence-corrected chi connectivity index (χ3v) is 9.48. The minimum Gasteiger partial charge on any atom is -0.480 e. The molecule has 0 radical (unpaired) electrons. The first-order valence-electron chi connectivity index (χ1n) is 8.37. The van der Waals surface area contributed by atoms with Gasteiger partial charge in [-0.15, -0.1) is 0 Å². The number of nitrogens with zero attached hydrogens (tertiary/aromatic N) is 1. The summed E-state index contributed by atoms with van der Waals surface area (Å²) in [5, 5.41) is 13.5. The number of carboxylic acid groups (broad SMARTS) is 1. The average molecular weight is 386 g/mol. The van der Waals surface area contributed by atoms with E-state index in [0.29, 0.717) is 0 Å². The molecule has 2 aromatic carbocycles. The van der Waals surface area contributed by atoms with Crippen LogP contribution >= 0.6 is 12.2 Å². The van der Waals surface area contributed by atoms with Crippen LogP contribution in [0.5, 0.6) is 0 Å². The molecule has 0 aliphatic rings. The van der Waals surface area contributed by atoms with Gasteiger partial charge in [-0.2, -0.15) is 0 Å². The molecule has 6 heteroatoms. The number of rotatable bonds is 7. The maximum atomic E-state index is 11.5. The molecule has 0 amide bonds. The Morgan fingerprint density at radius 2 is 1.58 bits per heavy atom. The lowest BCUT2D eigenvalue weighted by molar-refractivity contribution is -0.139. The maximum absolute atomic E-state index is 11.5. The van der Waals surface area contributed by atoms with Crippen LogP contribution in [0.25, 0.3) is 0 Å². The molecule has 0 spiro atoms. The Hall–Kier alpha value is -2.11. The van der Waals surface area contributed by atoms with Crippen molar-refractivity contribution < 1.29 is 14.3 Å². The van der Waals surface area contributed by atoms with Crippen molar-refractivity contribution in [3.63, 3.8) is 0 Å². The molecular weight excluding hydrogens is 362 g/mol. The normalized spacial score (nSPS) is 12.9. The molecule has 1 unspecified atom stereocenters. The number of hydrogen-bond acceptors (Lipinski definition) is 4. The first kappa shape index (κ1) is 20.2. The van der Waals surface area contributed by atoms with Gasteiger partial charge in [0.2, 0.25) is 0 Å². The highest BCUT2D eigenvalue weighted by atomic mass is 32.1. The fourth-order valence-electron chi connectivity index (χ4n) is 3.19. The third-order valence-electron chi connectivity index (χ3n) is 4.37. The Morgan fingerprint density at radius 1 is 1.12 bits per heavy atom. The topological polar surface area (TPSA) is 58.9 Å². The van der Waals surface area contributed by atoms with Gasteiger partial charge in [0.25, 0.3) is 8.32 Å². The zero-order valence-electron chi connectivity index (χ0n) is 15.2. The molecule has 0 aliphatic carbocycles. The molecule has 2 aromatic rings. The van der Waals surface area contributed by atoms with Crippen LogP contribution in [0.15, 0.2) is 65.7 Å². The molecule has 0 heterocycles. The number of hydrogen-bond donors (Lipinski definition) is 1. The molecule has 0 saturated carbocycles. The number of aliphatic imine (C=N–C) groups is 1. The predicted octanol–water partition coefficient (Wildman–Crippen LogP) is 3.12. The second kappa shape index (κ2) is 8.51. The highest BCUT2D eigenvalue weighted by Gasteiger charge is 2.50. The third kappa shape index (κ3) is 4.16. The summed E-state index contributed by atoms with van der Waals surface area (Å²) >= 11 is 4.59. The summed E-state index contributed by atoms with van der Waals surface area (Å²) in [6.07, 6.45) is 0. The molecule has 0 bridgehead atoms. The molecule has 136 valence electrons. The average Bonchev–Trinajstić information content (AvgIpc) is 2.61. The lowest BCUT2D eigenvalue weighted by Gasteiger charge is -2.43. The number of aliphatic carboxylic acids is 1. The van der Waals surface area contributed by atoms with Crippen molar-refractivity contribution in [2.45, 2.75) is 31.9 Å². The molecule has 0 aromatic heterocycles. The fourth-order valence-corrected chi connectivity index (χ4v) is 7.88. The number of carboxylic acids is 1. The van der Waals surface area contributed by atoms with E-state index in [4.69, 9.17) is 4.43 Å². The molecule has 1 N–H and O–H groups in total. The Balaban J connectivity index is 2.60. The summed E-state index contributed by atoms with van der Waals surface area (Å²) in [5.74, 6) is -1.07. The summed E-state index contributed by atoms with van der Waals surface area (Å²) in [6, 6.07) is 19.0. The zero-order chi connectivity index (χ0) is 19.2. The van der Waals surface area contributed by atoms with Crippen LogP contribution in [0.3, 0.4) is 0 Å². The Morgan fingerprint density at radius 3 is 1.92 bits per heavy atom. The first-order valence-corrected chi connectivity index (χ1v) is 10.7. The zero-order valence-corrected chi connectivity index (χ0v) is 17.0. The Kier molecular flexibility index (Phi) is 6.61. The van der Waals surface area contributed by atoms with Gasteiger partial charge in [0, 0.05) is 0 Å². The lowest BCUT2D eigenvalue weighted by Crippen LogP contribution is -2.67. The van der Waals surface area contributed by atoms with Gasteiger partial charge in [0.15, 0.2) is 6.04 Å². The van der Waals surface area contributed by atoms with Crippen molar-refractivity contribution in [1.29, 1.82) is 0 Å². The minimum absolute atomic E-state index is 0.0494. The predicted molar refractivity (Wildman–Crippen MR) is 110 cm³/mol. The van der Waals surface area contributed by atoms with Gasteiger partial charge in [0.1, 0.15) is 0 Å². The largest absolute Gasteiger partial charge is 0.480 e. The van der Waals surface area contributed by atoms with Crippen molar-refractivity contribution in [3.05, 3.63) is 60.7 Å². The van der Waals surface area contributed by atoms with E-state index in [1.807, 2.05) is 36.4 Å². The second-order valence-electron chi connectivity index (χ2n) is 7.05. The van der Waals surface area contributed by atoms with Crippen LogP contribution in [-0.4, -0.2) is 37.2 Å². The highest BCUT2D eigenvalue weighted by molar-refractivity contribution is 7.78. The van der Waals surface area contributed by atoms with Crippen LogP contribution in [-0.2, 0) is 9.22 Å². The maximum Gasteiger partial charge on any atom is 0.331 e. The fraction of sp³-hybridized carbons (Fsp3) is 0.300. The monoisotopic (exact) mass is 385 g/mol. The van der Waals surface area contributed by atoms with Gasteiger partial charge < -0.3 is 9.53 Å². The van der Waals surface area contributed by atoms with Crippen molar-refractivity contribution in [3.8, 4) is 0 Å². The van der Waals surface area contributed by atoms with Crippen LogP contribution in [0.1, 0.15) is 20.8 Å². The van der Waals surface area contributed by atoms with E-state index < -0.39 is 20.3 Å². The van der Waals surface area contributed by atoms with E-state index in [2.05, 4.69) is 67.4 Å². The van der Waals surface area contributed by atoms with E-state index in [0.717, 1.165) is 10.4 Å². The summed E-state index contributed by atoms with van der Waals surface area (Å²) in [5.41, 5.74) is 0. The van der Waals surface area contributed by atoms with Gasteiger partial charge in [-0.1, -0.05) is 81.4 Å². The number of benzene rings is 2. The first-order chi connectivity index (χ1) is 12.3. The van der Waals surface area contributed by atoms with Gasteiger partial charge in [-0.25, -0.2) is 9.79 Å². The van der Waals surface area contributed by atoms with Crippen molar-refractivity contribution >= 4 is 42.0 Å². The van der Waals surface area contributed by atoms with Gasteiger partial charge in [-0.3, -0.25) is 0 Å². The molecule has 4 nitrogen and oxygen atoms in total. The van der Waals surface area contributed by atoms with E-state index >= 15 is 0 Å². The molecule has 2 rings (SSSR count). The quantitative estimate of drug-likeness (QED) is 0.452. The second-order valence-corrected chi connectivity index (χ2v) is 11.5. The standard InChI is InChI=1S/C20H23NO3SSi/c1-20(2,3)26(16-10-6-4-7-11-16,17-12-8-5-9-13-17)24-14-18(19(22)23)21-15-25/h4-13,18H,14H2,1-3H3,(H,22,23). The van der Waals surface area contributed by atoms with Crippen LogP contribution < -0.4 is 10.4 Å². The van der Waals surface area contributed by atoms with Gasteiger partial charge in [-0.05, 0) is 27.6 Å². The summed E-state index contributed by atoms with van der Waals surface area (Å²) in [7, 11) is -2.77. The van der Waals surface area contributed by atoms with Crippen molar-refractivity contribution in [2.75, 3.05) is 6.61 Å². The number of carbonyl (C=O) groups is 1. The Labute approximate surface area is 160 Å². The summed E-state index contributed by atoms with van der Waals surface area (Å²) < 4.78 is 6.52. The van der Waals surface area contributed by atoms with Gasteiger partial charge in [0.05, 0.1) is 11.8 Å². The molecule has 0 aliphatic heterocycles. The van der Waals surface area contributed by atoms with E-state index in [1.54, 1.807) is 0 Å². The number of thiocarbonyl (C=S) groups is 1. The summed E-state index contributed by atoms with van der Waals surface area (Å²) in [6.45, 7) is 6.36. The smallest absolute Gasteiger partial charge is 0.331 e. The molecule has 1 atom stereocenters. The van der Waals surface area contributed by atoms with Crippen LogP contribution in [0.2, 0.25) is 5.04 Å². The van der Waals surface area contributed by atoms with E-state index in [-0.39, 0.29) is 11.6 Å². The SMILES string of the molecule is CC(C)(C)[Si](OCC(N=C=S)C(=O)O)(c1ccccc1)c1ccccc1. The van der Waals surface area contributed by atoms with E-state index in [1.165, 1.54) is 0 Å². The Bertz CT molecular complexity index is 742. The molecule has 0 fully saturated rings. The molecule has 0 saturated heterocycles. The molecular formula is C20H23NO3SSi. The number of isothiocyanates is 1. The highest BCUT2D eigenvalue weighted by Crippen LogP contribution is 2.36. The van der Waals surface area contributed by atoms with Crippen LogP contribution in [0, 0.1) is 0 Å². The minimum atomic E-state index is -2.77. The molecule has 26 heavy (non-hydrogen) atoms. The van der Waals surface area contributed by atoms with Gasteiger partial charge >= 0.3 is 5.97 Å². The van der Waals surface area contributed by atoms with Crippen molar-refractivity contribution in [1.82, 2.24) is 0 Å².